The molecule has 0 spiro atoms. The third-order valence-corrected chi connectivity index (χ3v) is 5.03. The number of ether oxygens (including phenoxy) is 1. The highest BCUT2D eigenvalue weighted by Gasteiger charge is 2.28. The maximum atomic E-state index is 13.1. The van der Waals surface area contributed by atoms with Gasteiger partial charge >= 0.3 is 0 Å². The summed E-state index contributed by atoms with van der Waals surface area (Å²) in [6.07, 6.45) is 4.09. The van der Waals surface area contributed by atoms with Gasteiger partial charge in [0.15, 0.2) is 0 Å². The van der Waals surface area contributed by atoms with Crippen LogP contribution >= 0.6 is 0 Å². The zero-order valence-electron chi connectivity index (χ0n) is 14.9. The van der Waals surface area contributed by atoms with Crippen LogP contribution in [0.15, 0.2) is 30.6 Å². The van der Waals surface area contributed by atoms with E-state index in [-0.39, 0.29) is 5.82 Å². The number of anilines is 3. The fourth-order valence-electron chi connectivity index (χ4n) is 3.46. The lowest BCUT2D eigenvalue weighted by atomic mass is 10.2. The van der Waals surface area contributed by atoms with Gasteiger partial charge in [0, 0.05) is 45.5 Å². The third kappa shape index (κ3) is 3.55. The molecule has 0 amide bonds. The molecule has 2 aliphatic heterocycles. The number of halogens is 1. The average Bonchev–Trinajstić information content (AvgIpc) is 3.19. The van der Waals surface area contributed by atoms with Crippen LogP contribution in [-0.4, -0.2) is 67.4 Å². The molecule has 0 bridgehead atoms. The Balaban J connectivity index is 1.44. The summed E-state index contributed by atoms with van der Waals surface area (Å²) < 4.78 is 18.5. The fourth-order valence-corrected chi connectivity index (χ4v) is 3.46. The Labute approximate surface area is 152 Å². The molecule has 0 N–H and O–H groups in total. The summed E-state index contributed by atoms with van der Waals surface area (Å²) in [7, 11) is 2.07. The van der Waals surface area contributed by atoms with E-state index in [1.165, 1.54) is 12.3 Å². The molecule has 7 nitrogen and oxygen atoms in total. The number of likely N-dealkylation sites (N-methyl/N-ethyl adjacent to an activating group) is 1. The van der Waals surface area contributed by atoms with Crippen LogP contribution in [0.4, 0.5) is 22.0 Å². The molecule has 0 saturated carbocycles. The third-order valence-electron chi connectivity index (χ3n) is 5.03. The molecule has 2 fully saturated rings. The molecule has 8 heteroatoms. The number of rotatable bonds is 4. The smallest absolute Gasteiger partial charge is 0.227 e. The van der Waals surface area contributed by atoms with Crippen LogP contribution in [0.1, 0.15) is 6.42 Å². The molecule has 0 radical (unpaired) electrons. The Kier molecular flexibility index (Phi) is 4.83. The first-order chi connectivity index (χ1) is 12.7. The molecule has 0 aromatic carbocycles. The molecule has 4 heterocycles. The van der Waals surface area contributed by atoms with Crippen molar-refractivity contribution in [1.82, 2.24) is 15.0 Å². The molecular formula is C18H23FN6O. The standard InChI is InChI=1S/C18H23FN6O/c1-23(15-5-7-25(13-15)16-3-2-14(19)12-21-16)17-4-6-20-18(22-17)24-8-10-26-11-9-24/h2-4,6,12,15H,5,7-11,13H2,1H3. The first-order valence-electron chi connectivity index (χ1n) is 8.96. The summed E-state index contributed by atoms with van der Waals surface area (Å²) in [5.74, 6) is 2.19. The maximum absolute atomic E-state index is 13.1. The average molecular weight is 358 g/mol. The van der Waals surface area contributed by atoms with Gasteiger partial charge in [0.1, 0.15) is 17.5 Å². The molecular weight excluding hydrogens is 335 g/mol. The number of pyridine rings is 1. The number of aromatic nitrogens is 3. The van der Waals surface area contributed by atoms with E-state index < -0.39 is 0 Å². The fraction of sp³-hybridized carbons (Fsp3) is 0.500. The summed E-state index contributed by atoms with van der Waals surface area (Å²) >= 11 is 0. The van der Waals surface area contributed by atoms with Gasteiger partial charge in [-0.15, -0.1) is 0 Å². The van der Waals surface area contributed by atoms with Crippen LogP contribution in [0.2, 0.25) is 0 Å². The minimum atomic E-state index is -0.307. The first kappa shape index (κ1) is 17.0. The number of nitrogens with zero attached hydrogens (tertiary/aromatic N) is 6. The summed E-state index contributed by atoms with van der Waals surface area (Å²) in [4.78, 5) is 19.9. The molecule has 138 valence electrons. The molecule has 26 heavy (non-hydrogen) atoms. The molecule has 0 aliphatic carbocycles. The van der Waals surface area contributed by atoms with Crippen molar-refractivity contribution >= 4 is 17.6 Å². The van der Waals surface area contributed by atoms with Crippen molar-refractivity contribution in [3.05, 3.63) is 36.4 Å². The van der Waals surface area contributed by atoms with Gasteiger partial charge in [0.05, 0.1) is 19.4 Å². The van der Waals surface area contributed by atoms with E-state index in [0.29, 0.717) is 19.3 Å². The minimum Gasteiger partial charge on any atom is -0.378 e. The van der Waals surface area contributed by atoms with Crippen molar-refractivity contribution in [1.29, 1.82) is 0 Å². The van der Waals surface area contributed by atoms with E-state index in [2.05, 4.69) is 31.7 Å². The van der Waals surface area contributed by atoms with Gasteiger partial charge in [-0.3, -0.25) is 0 Å². The summed E-state index contributed by atoms with van der Waals surface area (Å²) in [5.41, 5.74) is 0. The first-order valence-corrected chi connectivity index (χ1v) is 8.96. The van der Waals surface area contributed by atoms with Crippen molar-refractivity contribution in [2.45, 2.75) is 12.5 Å². The normalized spacial score (nSPS) is 20.5. The van der Waals surface area contributed by atoms with Crippen LogP contribution < -0.4 is 14.7 Å². The maximum Gasteiger partial charge on any atom is 0.227 e. The van der Waals surface area contributed by atoms with Crippen molar-refractivity contribution in [2.24, 2.45) is 0 Å². The predicted molar refractivity (Wildman–Crippen MR) is 98.3 cm³/mol. The molecule has 2 aliphatic rings. The largest absolute Gasteiger partial charge is 0.378 e. The molecule has 1 atom stereocenters. The topological polar surface area (TPSA) is 57.6 Å². The number of hydrogen-bond donors (Lipinski definition) is 0. The SMILES string of the molecule is CN(c1ccnc(N2CCOCC2)n1)C1CCN(c2ccc(F)cn2)C1. The lowest BCUT2D eigenvalue weighted by Gasteiger charge is -2.29. The minimum absolute atomic E-state index is 0.307. The lowest BCUT2D eigenvalue weighted by molar-refractivity contribution is 0.122. The Morgan fingerprint density at radius 1 is 1.12 bits per heavy atom. The Morgan fingerprint density at radius 3 is 2.73 bits per heavy atom. The summed E-state index contributed by atoms with van der Waals surface area (Å²) in [6, 6.07) is 5.47. The van der Waals surface area contributed by atoms with Crippen LogP contribution in [-0.2, 0) is 4.74 Å². The van der Waals surface area contributed by atoms with Crippen LogP contribution in [0, 0.1) is 5.82 Å². The summed E-state index contributed by atoms with van der Waals surface area (Å²) in [6.45, 7) is 4.81. The van der Waals surface area contributed by atoms with Gasteiger partial charge in [-0.2, -0.15) is 4.98 Å². The van der Waals surface area contributed by atoms with Crippen molar-refractivity contribution in [2.75, 3.05) is 61.1 Å². The van der Waals surface area contributed by atoms with Crippen LogP contribution in [0.5, 0.6) is 0 Å². The number of morpholine rings is 1. The van der Waals surface area contributed by atoms with Gasteiger partial charge < -0.3 is 19.4 Å². The monoisotopic (exact) mass is 358 g/mol. The van der Waals surface area contributed by atoms with E-state index in [9.17, 15) is 4.39 Å². The lowest BCUT2D eigenvalue weighted by Crippen LogP contribution is -2.38. The van der Waals surface area contributed by atoms with E-state index in [0.717, 1.165) is 50.2 Å². The van der Waals surface area contributed by atoms with Crippen LogP contribution in [0.3, 0.4) is 0 Å². The van der Waals surface area contributed by atoms with Crippen LogP contribution in [0.25, 0.3) is 0 Å². The van der Waals surface area contributed by atoms with E-state index in [1.807, 2.05) is 12.3 Å². The predicted octanol–water partition coefficient (Wildman–Crippen LogP) is 1.56. The Bertz CT molecular complexity index is 737. The number of hydrogen-bond acceptors (Lipinski definition) is 7. The Hall–Kier alpha value is -2.48. The quantitative estimate of drug-likeness (QED) is 0.822. The van der Waals surface area contributed by atoms with E-state index in [4.69, 9.17) is 9.72 Å². The highest BCUT2D eigenvalue weighted by atomic mass is 19.1. The molecule has 4 rings (SSSR count). The van der Waals surface area contributed by atoms with Crippen molar-refractivity contribution in [3.63, 3.8) is 0 Å². The van der Waals surface area contributed by atoms with Crippen molar-refractivity contribution < 1.29 is 9.13 Å². The van der Waals surface area contributed by atoms with E-state index in [1.54, 1.807) is 6.07 Å². The Morgan fingerprint density at radius 2 is 1.96 bits per heavy atom. The second-order valence-electron chi connectivity index (χ2n) is 6.65. The van der Waals surface area contributed by atoms with Gasteiger partial charge in [-0.25, -0.2) is 14.4 Å². The molecule has 2 saturated heterocycles. The van der Waals surface area contributed by atoms with Gasteiger partial charge in [0.25, 0.3) is 0 Å². The zero-order valence-corrected chi connectivity index (χ0v) is 14.9. The molecule has 2 aromatic rings. The second kappa shape index (κ2) is 7.41. The van der Waals surface area contributed by atoms with Gasteiger partial charge in [0.2, 0.25) is 5.95 Å². The van der Waals surface area contributed by atoms with Gasteiger partial charge in [-0.05, 0) is 24.6 Å². The highest BCUT2D eigenvalue weighted by Crippen LogP contribution is 2.24. The highest BCUT2D eigenvalue weighted by molar-refractivity contribution is 5.47. The molecule has 2 aromatic heterocycles. The van der Waals surface area contributed by atoms with Gasteiger partial charge in [-0.1, -0.05) is 0 Å². The zero-order chi connectivity index (χ0) is 17.9. The van der Waals surface area contributed by atoms with E-state index >= 15 is 0 Å². The van der Waals surface area contributed by atoms with Crippen molar-refractivity contribution in [3.8, 4) is 0 Å². The molecule has 1 unspecified atom stereocenters. The summed E-state index contributed by atoms with van der Waals surface area (Å²) in [5, 5.41) is 0. The second-order valence-corrected chi connectivity index (χ2v) is 6.65.